The normalized spacial score (nSPS) is 14.5. The van der Waals surface area contributed by atoms with Crippen LogP contribution in [0.25, 0.3) is 0 Å². The molecule has 0 bridgehead atoms. The topological polar surface area (TPSA) is 77.4 Å². The van der Waals surface area contributed by atoms with Crippen LogP contribution in [0.4, 0.5) is 0 Å². The molecule has 0 aliphatic rings. The molecule has 0 aromatic heterocycles. The number of ether oxygens (including phenoxy) is 2. The van der Waals surface area contributed by atoms with Crippen LogP contribution in [0.5, 0.6) is 0 Å². The molecule has 0 radical (unpaired) electrons. The molecule has 0 aromatic carbocycles. The fourth-order valence-electron chi connectivity index (χ4n) is 1.35. The van der Waals surface area contributed by atoms with Crippen molar-refractivity contribution in [2.45, 2.75) is 45.3 Å². The van der Waals surface area contributed by atoms with Gasteiger partial charge in [-0.3, -0.25) is 0 Å². The molecular formula is C13H28O6. The highest BCUT2D eigenvalue weighted by Crippen LogP contribution is 1.99. The fraction of sp³-hybridized carbons (Fsp3) is 1.00. The lowest BCUT2D eigenvalue weighted by molar-refractivity contribution is -0.319. The Kier molecular flexibility index (Phi) is 14.0. The number of aliphatic hydroxyl groups excluding tert-OH is 2. The Bertz CT molecular complexity index is 179. The summed E-state index contributed by atoms with van der Waals surface area (Å²) in [5.74, 6) is 0. The van der Waals surface area contributed by atoms with Gasteiger partial charge in [-0.05, 0) is 13.3 Å². The lowest BCUT2D eigenvalue weighted by Crippen LogP contribution is -2.27. The van der Waals surface area contributed by atoms with Gasteiger partial charge >= 0.3 is 0 Å². The van der Waals surface area contributed by atoms with Crippen molar-refractivity contribution in [1.82, 2.24) is 0 Å². The van der Waals surface area contributed by atoms with Crippen LogP contribution in [-0.2, 0) is 19.2 Å². The minimum atomic E-state index is -0.921. The molecule has 19 heavy (non-hydrogen) atoms. The molecule has 0 fully saturated rings. The van der Waals surface area contributed by atoms with Crippen molar-refractivity contribution in [2.75, 3.05) is 39.6 Å². The Labute approximate surface area is 115 Å². The summed E-state index contributed by atoms with van der Waals surface area (Å²) >= 11 is 0. The summed E-state index contributed by atoms with van der Waals surface area (Å²) in [6.07, 6.45) is 2.28. The van der Waals surface area contributed by atoms with E-state index in [-0.39, 0.29) is 25.9 Å². The minimum Gasteiger partial charge on any atom is -0.394 e. The van der Waals surface area contributed by atoms with E-state index in [1.807, 2.05) is 6.92 Å². The predicted molar refractivity (Wildman–Crippen MR) is 70.8 cm³/mol. The van der Waals surface area contributed by atoms with E-state index >= 15 is 0 Å². The summed E-state index contributed by atoms with van der Waals surface area (Å²) in [4.78, 5) is 9.69. The smallest absolute Gasteiger partial charge is 0.111 e. The first-order valence-corrected chi connectivity index (χ1v) is 6.97. The van der Waals surface area contributed by atoms with Crippen LogP contribution >= 0.6 is 0 Å². The molecular weight excluding hydrogens is 252 g/mol. The average Bonchev–Trinajstić information content (AvgIpc) is 2.42. The van der Waals surface area contributed by atoms with E-state index in [4.69, 9.17) is 29.5 Å². The first-order valence-electron chi connectivity index (χ1n) is 6.97. The maximum atomic E-state index is 9.04. The first-order chi connectivity index (χ1) is 9.24. The largest absolute Gasteiger partial charge is 0.394 e. The monoisotopic (exact) mass is 280 g/mol. The van der Waals surface area contributed by atoms with Crippen molar-refractivity contribution < 1.29 is 29.5 Å². The molecule has 6 heteroatoms. The van der Waals surface area contributed by atoms with E-state index in [0.29, 0.717) is 13.2 Å². The Morgan fingerprint density at radius 2 is 1.74 bits per heavy atom. The van der Waals surface area contributed by atoms with Crippen molar-refractivity contribution in [1.29, 1.82) is 0 Å². The number of rotatable bonds is 14. The molecule has 2 unspecified atom stereocenters. The van der Waals surface area contributed by atoms with Gasteiger partial charge in [0.15, 0.2) is 0 Å². The highest BCUT2D eigenvalue weighted by atomic mass is 17.2. The molecule has 6 nitrogen and oxygen atoms in total. The average molecular weight is 280 g/mol. The Balaban J connectivity index is 3.56. The molecule has 0 aliphatic carbocycles. The minimum absolute atomic E-state index is 0.0628. The van der Waals surface area contributed by atoms with E-state index in [9.17, 15) is 0 Å². The summed E-state index contributed by atoms with van der Waals surface area (Å²) in [5, 5.41) is 17.6. The standard InChI is InChI=1S/C13H28O6/c1-3-5-6-7-16-10-13(17-4-2)11-19-18-9-12(15)8-14/h12-15H,3-11H2,1-2H3. The van der Waals surface area contributed by atoms with Gasteiger partial charge < -0.3 is 19.7 Å². The molecule has 0 saturated heterocycles. The summed E-state index contributed by atoms with van der Waals surface area (Å²) in [7, 11) is 0. The third-order valence-electron chi connectivity index (χ3n) is 2.41. The molecule has 0 saturated carbocycles. The quantitative estimate of drug-likeness (QED) is 0.280. The maximum absolute atomic E-state index is 9.04. The van der Waals surface area contributed by atoms with E-state index < -0.39 is 6.10 Å². The molecule has 0 heterocycles. The lowest BCUT2D eigenvalue weighted by atomic mass is 10.3. The van der Waals surface area contributed by atoms with Gasteiger partial charge in [0.1, 0.15) is 25.4 Å². The molecule has 0 rings (SSSR count). The molecule has 2 atom stereocenters. The van der Waals surface area contributed by atoms with Crippen LogP contribution in [0.15, 0.2) is 0 Å². The maximum Gasteiger partial charge on any atom is 0.111 e. The number of aliphatic hydroxyl groups is 2. The van der Waals surface area contributed by atoms with Gasteiger partial charge in [0.05, 0.1) is 13.2 Å². The van der Waals surface area contributed by atoms with Crippen molar-refractivity contribution in [2.24, 2.45) is 0 Å². The van der Waals surface area contributed by atoms with Crippen LogP contribution in [0.1, 0.15) is 33.1 Å². The molecule has 0 aromatic rings. The second kappa shape index (κ2) is 14.2. The SMILES string of the molecule is CCCCCOCC(COOCC(O)CO)OCC. The third kappa shape index (κ3) is 12.5. The second-order valence-electron chi connectivity index (χ2n) is 4.26. The summed E-state index contributed by atoms with van der Waals surface area (Å²) in [5.41, 5.74) is 0. The number of unbranched alkanes of at least 4 members (excludes halogenated alkanes) is 2. The van der Waals surface area contributed by atoms with Gasteiger partial charge in [-0.25, -0.2) is 9.78 Å². The fourth-order valence-corrected chi connectivity index (χ4v) is 1.35. The van der Waals surface area contributed by atoms with E-state index in [1.54, 1.807) is 0 Å². The molecule has 0 spiro atoms. The predicted octanol–water partition coefficient (Wildman–Crippen LogP) is 0.900. The Morgan fingerprint density at radius 1 is 1.00 bits per heavy atom. The summed E-state index contributed by atoms with van der Waals surface area (Å²) in [6, 6.07) is 0. The Hall–Kier alpha value is -0.240. The Morgan fingerprint density at radius 3 is 2.37 bits per heavy atom. The highest BCUT2D eigenvalue weighted by molar-refractivity contribution is 4.54. The summed E-state index contributed by atoms with van der Waals surface area (Å²) in [6.45, 7) is 5.64. The zero-order valence-electron chi connectivity index (χ0n) is 12.0. The van der Waals surface area contributed by atoms with Gasteiger partial charge in [0, 0.05) is 13.2 Å². The van der Waals surface area contributed by atoms with Crippen LogP contribution in [-0.4, -0.2) is 62.1 Å². The van der Waals surface area contributed by atoms with Gasteiger partial charge in [0.25, 0.3) is 0 Å². The van der Waals surface area contributed by atoms with Crippen LogP contribution in [0, 0.1) is 0 Å². The first kappa shape index (κ1) is 18.8. The van der Waals surface area contributed by atoms with Crippen molar-refractivity contribution in [3.63, 3.8) is 0 Å². The number of hydrogen-bond acceptors (Lipinski definition) is 6. The highest BCUT2D eigenvalue weighted by Gasteiger charge is 2.10. The van der Waals surface area contributed by atoms with Crippen molar-refractivity contribution >= 4 is 0 Å². The van der Waals surface area contributed by atoms with Crippen molar-refractivity contribution in [3.05, 3.63) is 0 Å². The van der Waals surface area contributed by atoms with E-state index in [1.165, 1.54) is 6.42 Å². The van der Waals surface area contributed by atoms with Crippen LogP contribution in [0.2, 0.25) is 0 Å². The van der Waals surface area contributed by atoms with Gasteiger partial charge in [0.2, 0.25) is 0 Å². The lowest BCUT2D eigenvalue weighted by Gasteiger charge is -2.17. The zero-order chi connectivity index (χ0) is 14.3. The second-order valence-corrected chi connectivity index (χ2v) is 4.26. The molecule has 2 N–H and O–H groups in total. The van der Waals surface area contributed by atoms with Crippen molar-refractivity contribution in [3.8, 4) is 0 Å². The summed E-state index contributed by atoms with van der Waals surface area (Å²) < 4.78 is 10.9. The van der Waals surface area contributed by atoms with E-state index in [0.717, 1.165) is 19.4 Å². The van der Waals surface area contributed by atoms with Crippen LogP contribution in [0.3, 0.4) is 0 Å². The zero-order valence-corrected chi connectivity index (χ0v) is 12.0. The van der Waals surface area contributed by atoms with Gasteiger partial charge in [-0.2, -0.15) is 0 Å². The van der Waals surface area contributed by atoms with Gasteiger partial charge in [-0.15, -0.1) is 0 Å². The number of hydrogen-bond donors (Lipinski definition) is 2. The molecule has 116 valence electrons. The molecule has 0 aliphatic heterocycles. The van der Waals surface area contributed by atoms with E-state index in [2.05, 4.69) is 6.92 Å². The molecule has 0 amide bonds. The van der Waals surface area contributed by atoms with Gasteiger partial charge in [-0.1, -0.05) is 19.8 Å². The third-order valence-corrected chi connectivity index (χ3v) is 2.41. The van der Waals surface area contributed by atoms with Crippen LogP contribution < -0.4 is 0 Å².